The molecule has 3 amide bonds. The van der Waals surface area contributed by atoms with Gasteiger partial charge in [0.15, 0.2) is 5.96 Å². The van der Waals surface area contributed by atoms with Crippen LogP contribution in [-0.2, 0) is 4.79 Å². The maximum Gasteiger partial charge on any atom is 0.350 e. The standard InChI is InChI=1S/C14H28N4O2/c1-2-3-4-5-6-7-8-9-10-11-12(19)17-14(20)18-13(15)16/h2-11H2,1H3,(H5,15,16,17,18,19,20). The third-order valence-electron chi connectivity index (χ3n) is 2.98. The van der Waals surface area contributed by atoms with Crippen molar-refractivity contribution in [1.29, 1.82) is 0 Å². The lowest BCUT2D eigenvalue weighted by Gasteiger charge is -2.02. The summed E-state index contributed by atoms with van der Waals surface area (Å²) in [7, 11) is 0. The number of guanidine groups is 1. The Balaban J connectivity index is 3.40. The summed E-state index contributed by atoms with van der Waals surface area (Å²) < 4.78 is 0. The van der Waals surface area contributed by atoms with E-state index in [1.54, 1.807) is 0 Å². The summed E-state index contributed by atoms with van der Waals surface area (Å²) in [5, 5.41) is 2.11. The second-order valence-electron chi connectivity index (χ2n) is 4.97. The van der Waals surface area contributed by atoms with E-state index < -0.39 is 6.03 Å². The molecule has 0 saturated heterocycles. The van der Waals surface area contributed by atoms with Crippen LogP contribution in [0.3, 0.4) is 0 Å². The number of aliphatic imine (C=N–C) groups is 1. The van der Waals surface area contributed by atoms with E-state index in [9.17, 15) is 9.59 Å². The number of nitrogens with two attached hydrogens (primary N) is 2. The van der Waals surface area contributed by atoms with Crippen LogP contribution in [0, 0.1) is 0 Å². The van der Waals surface area contributed by atoms with Crippen molar-refractivity contribution in [2.45, 2.75) is 71.1 Å². The minimum absolute atomic E-state index is 0.331. The molecule has 0 heterocycles. The molecule has 0 aliphatic carbocycles. The molecule has 0 aliphatic heterocycles. The van der Waals surface area contributed by atoms with Crippen LogP contribution in [0.15, 0.2) is 4.99 Å². The first-order valence-corrected chi connectivity index (χ1v) is 7.49. The van der Waals surface area contributed by atoms with Gasteiger partial charge in [-0.1, -0.05) is 58.3 Å². The topological polar surface area (TPSA) is 111 Å². The largest absolute Gasteiger partial charge is 0.370 e. The second-order valence-corrected chi connectivity index (χ2v) is 4.97. The molecule has 0 fully saturated rings. The lowest BCUT2D eigenvalue weighted by molar-refractivity contribution is -0.120. The molecule has 6 heteroatoms. The molecular weight excluding hydrogens is 256 g/mol. The minimum atomic E-state index is -0.800. The van der Waals surface area contributed by atoms with Gasteiger partial charge in [0.2, 0.25) is 5.91 Å². The van der Waals surface area contributed by atoms with Crippen molar-refractivity contribution >= 4 is 17.9 Å². The number of amides is 3. The highest BCUT2D eigenvalue weighted by atomic mass is 16.2. The number of carbonyl (C=O) groups excluding carboxylic acids is 2. The van der Waals surface area contributed by atoms with E-state index in [4.69, 9.17) is 11.5 Å². The van der Waals surface area contributed by atoms with Crippen LogP contribution in [-0.4, -0.2) is 17.9 Å². The SMILES string of the molecule is CCCCCCCCCCCC(=O)NC(=O)N=C(N)N. The van der Waals surface area contributed by atoms with Crippen molar-refractivity contribution < 1.29 is 9.59 Å². The fourth-order valence-electron chi connectivity index (χ4n) is 1.92. The Bertz CT molecular complexity index is 312. The van der Waals surface area contributed by atoms with Crippen LogP contribution in [0.25, 0.3) is 0 Å². The molecule has 0 radical (unpaired) electrons. The fraction of sp³-hybridized carbons (Fsp3) is 0.786. The number of rotatable bonds is 10. The molecule has 0 unspecified atom stereocenters. The number of hydrogen-bond donors (Lipinski definition) is 3. The summed E-state index contributed by atoms with van der Waals surface area (Å²) in [6, 6.07) is -0.800. The molecular formula is C14H28N4O2. The van der Waals surface area contributed by atoms with Gasteiger partial charge >= 0.3 is 6.03 Å². The molecule has 0 aromatic heterocycles. The normalized spacial score (nSPS) is 10.1. The van der Waals surface area contributed by atoms with E-state index >= 15 is 0 Å². The van der Waals surface area contributed by atoms with E-state index in [1.807, 2.05) is 0 Å². The summed E-state index contributed by atoms with van der Waals surface area (Å²) in [4.78, 5) is 25.6. The predicted octanol–water partition coefficient (Wildman–Crippen LogP) is 2.42. The van der Waals surface area contributed by atoms with Gasteiger partial charge in [-0.25, -0.2) is 4.79 Å². The number of nitrogens with one attached hydrogen (secondary N) is 1. The van der Waals surface area contributed by atoms with Gasteiger partial charge in [0.05, 0.1) is 0 Å². The third-order valence-corrected chi connectivity index (χ3v) is 2.98. The highest BCUT2D eigenvalue weighted by Crippen LogP contribution is 2.10. The minimum Gasteiger partial charge on any atom is -0.370 e. The molecule has 0 bridgehead atoms. The van der Waals surface area contributed by atoms with Crippen molar-refractivity contribution in [1.82, 2.24) is 5.32 Å². The first kappa shape index (κ1) is 18.4. The van der Waals surface area contributed by atoms with Crippen LogP contribution in [0.5, 0.6) is 0 Å². The Labute approximate surface area is 121 Å². The van der Waals surface area contributed by atoms with Crippen LogP contribution >= 0.6 is 0 Å². The molecule has 0 aromatic rings. The molecule has 0 atom stereocenters. The van der Waals surface area contributed by atoms with Gasteiger partial charge in [0.1, 0.15) is 0 Å². The van der Waals surface area contributed by atoms with Crippen LogP contribution in [0.4, 0.5) is 4.79 Å². The Morgan fingerprint density at radius 2 is 1.40 bits per heavy atom. The molecule has 0 saturated carbocycles. The molecule has 6 nitrogen and oxygen atoms in total. The second kappa shape index (κ2) is 12.4. The molecule has 0 spiro atoms. The van der Waals surface area contributed by atoms with Gasteiger partial charge in [0, 0.05) is 6.42 Å². The summed E-state index contributed by atoms with van der Waals surface area (Å²) in [5.74, 6) is -0.679. The lowest BCUT2D eigenvalue weighted by Crippen LogP contribution is -2.32. The molecule has 0 aliphatic rings. The van der Waals surface area contributed by atoms with Crippen LogP contribution < -0.4 is 16.8 Å². The molecule has 0 aromatic carbocycles. The van der Waals surface area contributed by atoms with Crippen molar-refractivity contribution in [3.05, 3.63) is 0 Å². The number of hydrogen-bond acceptors (Lipinski definition) is 2. The molecule has 116 valence electrons. The summed E-state index contributed by atoms with van der Waals surface area (Å²) in [6.45, 7) is 2.21. The maximum atomic E-state index is 11.4. The average Bonchev–Trinajstić information content (AvgIpc) is 2.35. The van der Waals surface area contributed by atoms with Crippen molar-refractivity contribution in [2.24, 2.45) is 16.5 Å². The molecule has 5 N–H and O–H groups in total. The summed E-state index contributed by atoms with van der Waals surface area (Å²) >= 11 is 0. The first-order chi connectivity index (χ1) is 9.56. The van der Waals surface area contributed by atoms with Gasteiger partial charge < -0.3 is 11.5 Å². The van der Waals surface area contributed by atoms with Crippen molar-refractivity contribution in [3.63, 3.8) is 0 Å². The Morgan fingerprint density at radius 1 is 0.900 bits per heavy atom. The third kappa shape index (κ3) is 12.9. The van der Waals surface area contributed by atoms with E-state index in [2.05, 4.69) is 17.2 Å². The number of carbonyl (C=O) groups is 2. The lowest BCUT2D eigenvalue weighted by atomic mass is 10.1. The van der Waals surface area contributed by atoms with E-state index in [1.165, 1.54) is 38.5 Å². The van der Waals surface area contributed by atoms with Gasteiger partial charge in [-0.15, -0.1) is 0 Å². The van der Waals surface area contributed by atoms with Gasteiger partial charge in [-0.3, -0.25) is 10.1 Å². The number of imide groups is 1. The van der Waals surface area contributed by atoms with Gasteiger partial charge in [-0.05, 0) is 6.42 Å². The Morgan fingerprint density at radius 3 is 1.90 bits per heavy atom. The highest BCUT2D eigenvalue weighted by Gasteiger charge is 2.06. The van der Waals surface area contributed by atoms with Gasteiger partial charge in [0.25, 0.3) is 0 Å². The highest BCUT2D eigenvalue weighted by molar-refractivity contribution is 5.99. The van der Waals surface area contributed by atoms with E-state index in [0.717, 1.165) is 19.3 Å². The molecule has 0 rings (SSSR count). The Hall–Kier alpha value is -1.59. The zero-order valence-electron chi connectivity index (χ0n) is 12.5. The zero-order chi connectivity index (χ0) is 15.2. The summed E-state index contributed by atoms with van der Waals surface area (Å²) in [5.41, 5.74) is 10.0. The quantitative estimate of drug-likeness (QED) is 0.325. The molecule has 20 heavy (non-hydrogen) atoms. The van der Waals surface area contributed by atoms with Crippen molar-refractivity contribution in [2.75, 3.05) is 0 Å². The first-order valence-electron chi connectivity index (χ1n) is 7.49. The zero-order valence-corrected chi connectivity index (χ0v) is 12.5. The van der Waals surface area contributed by atoms with Gasteiger partial charge in [-0.2, -0.15) is 4.99 Å². The maximum absolute atomic E-state index is 11.4. The van der Waals surface area contributed by atoms with Crippen LogP contribution in [0.1, 0.15) is 71.1 Å². The Kier molecular flexibility index (Phi) is 11.5. The monoisotopic (exact) mass is 284 g/mol. The number of urea groups is 1. The fourth-order valence-corrected chi connectivity index (χ4v) is 1.92. The van der Waals surface area contributed by atoms with Crippen molar-refractivity contribution in [3.8, 4) is 0 Å². The average molecular weight is 284 g/mol. The number of unbranched alkanes of at least 4 members (excludes halogenated alkanes) is 8. The smallest absolute Gasteiger partial charge is 0.350 e. The van der Waals surface area contributed by atoms with E-state index in [-0.39, 0.29) is 11.9 Å². The number of nitrogens with zero attached hydrogens (tertiary/aromatic N) is 1. The predicted molar refractivity (Wildman–Crippen MR) is 81.2 cm³/mol. The van der Waals surface area contributed by atoms with Crippen LogP contribution in [0.2, 0.25) is 0 Å². The summed E-state index contributed by atoms with van der Waals surface area (Å²) in [6.07, 6.45) is 11.0. The van der Waals surface area contributed by atoms with E-state index in [0.29, 0.717) is 6.42 Å².